The fraction of sp³-hybridized carbons (Fsp3) is 0.364. The molecule has 1 N–H and O–H groups in total. The molecule has 0 spiro atoms. The summed E-state index contributed by atoms with van der Waals surface area (Å²) in [4.78, 5) is 14.4. The summed E-state index contributed by atoms with van der Waals surface area (Å²) in [7, 11) is -2.48. The number of hydrogen-bond acceptors (Lipinski definition) is 6. The summed E-state index contributed by atoms with van der Waals surface area (Å²) in [5, 5.41) is 11.7. The van der Waals surface area contributed by atoms with E-state index in [9.17, 15) is 26.4 Å². The van der Waals surface area contributed by atoms with Crippen LogP contribution in [0.25, 0.3) is 0 Å². The van der Waals surface area contributed by atoms with E-state index in [1.165, 1.54) is 36.3 Å². The second-order valence-electron chi connectivity index (χ2n) is 7.51. The fourth-order valence-corrected chi connectivity index (χ4v) is 5.15. The predicted molar refractivity (Wildman–Crippen MR) is 117 cm³/mol. The molecule has 8 nitrogen and oxygen atoms in total. The first kappa shape index (κ1) is 25.5. The quantitative estimate of drug-likeness (QED) is 0.590. The maximum atomic E-state index is 13.5. The van der Waals surface area contributed by atoms with Crippen LogP contribution in [0.4, 0.5) is 18.9 Å². The van der Waals surface area contributed by atoms with E-state index in [0.29, 0.717) is 0 Å². The Morgan fingerprint density at radius 2 is 1.91 bits per heavy atom. The molecule has 12 heteroatoms. The van der Waals surface area contributed by atoms with E-state index in [4.69, 9.17) is 10.00 Å². The standard InChI is InChI=1S/C22H23F3N4O4S/c1-33-12-9-27-21(30)20-15-28(34(31,32)18-5-3-2-4-6-18)10-11-29(20)17-8-7-16(14-26)19(13-17)22(23,24)25/h2-8,13,20H,9-12,15H2,1H3,(H,27,30). The summed E-state index contributed by atoms with van der Waals surface area (Å²) in [6.07, 6.45) is -4.77. The van der Waals surface area contributed by atoms with Gasteiger partial charge in [-0.25, -0.2) is 8.42 Å². The van der Waals surface area contributed by atoms with Crippen molar-refractivity contribution < 1.29 is 31.1 Å². The number of benzene rings is 2. The van der Waals surface area contributed by atoms with Crippen molar-refractivity contribution in [2.45, 2.75) is 17.1 Å². The maximum absolute atomic E-state index is 13.5. The Kier molecular flexibility index (Phi) is 7.81. The summed E-state index contributed by atoms with van der Waals surface area (Å²) in [5.74, 6) is -0.553. The van der Waals surface area contributed by atoms with Gasteiger partial charge in [0.25, 0.3) is 0 Å². The third kappa shape index (κ3) is 5.49. The van der Waals surface area contributed by atoms with Crippen LogP contribution < -0.4 is 10.2 Å². The monoisotopic (exact) mass is 496 g/mol. The smallest absolute Gasteiger partial charge is 0.383 e. The number of methoxy groups -OCH3 is 1. The molecule has 1 saturated heterocycles. The number of sulfonamides is 1. The number of ether oxygens (including phenoxy) is 1. The van der Waals surface area contributed by atoms with Gasteiger partial charge in [-0.1, -0.05) is 18.2 Å². The van der Waals surface area contributed by atoms with Gasteiger partial charge in [0.15, 0.2) is 0 Å². The number of carbonyl (C=O) groups excluding carboxylic acids is 1. The van der Waals surface area contributed by atoms with Crippen molar-refractivity contribution in [2.24, 2.45) is 0 Å². The number of hydrogen-bond donors (Lipinski definition) is 1. The summed E-state index contributed by atoms with van der Waals surface area (Å²) < 4.78 is 72.8. The number of anilines is 1. The number of nitrogens with one attached hydrogen (secondary N) is 1. The van der Waals surface area contributed by atoms with E-state index in [-0.39, 0.29) is 43.4 Å². The van der Waals surface area contributed by atoms with E-state index in [0.717, 1.165) is 16.4 Å². The van der Waals surface area contributed by atoms with Gasteiger partial charge in [-0.15, -0.1) is 0 Å². The highest BCUT2D eigenvalue weighted by Gasteiger charge is 2.39. The minimum Gasteiger partial charge on any atom is -0.383 e. The molecule has 182 valence electrons. The van der Waals surface area contributed by atoms with Crippen molar-refractivity contribution in [3.8, 4) is 6.07 Å². The Bertz CT molecular complexity index is 1170. The molecule has 0 saturated carbocycles. The molecule has 3 rings (SSSR count). The minimum atomic E-state index is -4.77. The lowest BCUT2D eigenvalue weighted by Gasteiger charge is -2.41. The van der Waals surface area contributed by atoms with Crippen LogP contribution in [0.3, 0.4) is 0 Å². The zero-order chi connectivity index (χ0) is 24.9. The molecule has 1 unspecified atom stereocenters. The zero-order valence-corrected chi connectivity index (χ0v) is 19.1. The first-order valence-electron chi connectivity index (χ1n) is 10.3. The second kappa shape index (κ2) is 10.4. The van der Waals surface area contributed by atoms with Gasteiger partial charge in [-0.05, 0) is 30.3 Å². The largest absolute Gasteiger partial charge is 0.417 e. The highest BCUT2D eigenvalue weighted by Crippen LogP contribution is 2.35. The number of halogens is 3. The first-order chi connectivity index (χ1) is 16.1. The molecule has 1 aliphatic heterocycles. The molecular formula is C22H23F3N4O4S. The highest BCUT2D eigenvalue weighted by molar-refractivity contribution is 7.89. The first-order valence-corrected chi connectivity index (χ1v) is 11.7. The number of rotatable bonds is 7. The molecule has 1 fully saturated rings. The summed E-state index contributed by atoms with van der Waals surface area (Å²) in [6, 6.07) is 11.3. The molecule has 0 radical (unpaired) electrons. The Morgan fingerprint density at radius 3 is 2.53 bits per heavy atom. The molecule has 1 heterocycles. The zero-order valence-electron chi connectivity index (χ0n) is 18.2. The normalized spacial score (nSPS) is 17.3. The molecule has 0 bridgehead atoms. The van der Waals surface area contributed by atoms with Crippen LogP contribution in [-0.4, -0.2) is 64.6 Å². The van der Waals surface area contributed by atoms with Crippen LogP contribution in [0.1, 0.15) is 11.1 Å². The third-order valence-electron chi connectivity index (χ3n) is 5.39. The molecular weight excluding hydrogens is 473 g/mol. The highest BCUT2D eigenvalue weighted by atomic mass is 32.2. The number of carbonyl (C=O) groups is 1. The minimum absolute atomic E-state index is 0.0301. The third-order valence-corrected chi connectivity index (χ3v) is 7.27. The van der Waals surface area contributed by atoms with Crippen molar-refractivity contribution in [3.05, 3.63) is 59.7 Å². The topological polar surface area (TPSA) is 103 Å². The Balaban J connectivity index is 1.96. The number of nitrogens with zero attached hydrogens (tertiary/aromatic N) is 3. The van der Waals surface area contributed by atoms with Gasteiger partial charge in [-0.2, -0.15) is 22.7 Å². The molecule has 0 aromatic heterocycles. The van der Waals surface area contributed by atoms with E-state index in [1.807, 2.05) is 0 Å². The molecule has 1 atom stereocenters. The maximum Gasteiger partial charge on any atom is 0.417 e. The van der Waals surface area contributed by atoms with Crippen LogP contribution >= 0.6 is 0 Å². The lowest BCUT2D eigenvalue weighted by molar-refractivity contribution is -0.137. The fourth-order valence-electron chi connectivity index (χ4n) is 3.69. The average Bonchev–Trinajstić information content (AvgIpc) is 2.83. The molecule has 34 heavy (non-hydrogen) atoms. The summed E-state index contributed by atoms with van der Waals surface area (Å²) in [6.45, 7) is 0.0152. The van der Waals surface area contributed by atoms with Gasteiger partial charge in [0, 0.05) is 39.0 Å². The van der Waals surface area contributed by atoms with Crippen molar-refractivity contribution in [2.75, 3.05) is 44.8 Å². The van der Waals surface area contributed by atoms with Crippen molar-refractivity contribution in [3.63, 3.8) is 0 Å². The van der Waals surface area contributed by atoms with E-state index in [2.05, 4.69) is 5.32 Å². The summed E-state index contributed by atoms with van der Waals surface area (Å²) >= 11 is 0. The van der Waals surface area contributed by atoms with Crippen molar-refractivity contribution >= 4 is 21.6 Å². The predicted octanol–water partition coefficient (Wildman–Crippen LogP) is 2.22. The lowest BCUT2D eigenvalue weighted by Crippen LogP contribution is -2.60. The van der Waals surface area contributed by atoms with Crippen molar-refractivity contribution in [1.82, 2.24) is 9.62 Å². The average molecular weight is 497 g/mol. The second-order valence-corrected chi connectivity index (χ2v) is 9.45. The van der Waals surface area contributed by atoms with Crippen LogP contribution in [0.5, 0.6) is 0 Å². The molecule has 1 aliphatic rings. The molecule has 2 aromatic carbocycles. The Morgan fingerprint density at radius 1 is 1.21 bits per heavy atom. The van der Waals surface area contributed by atoms with Crippen LogP contribution in [0.15, 0.2) is 53.4 Å². The van der Waals surface area contributed by atoms with Crippen LogP contribution in [0, 0.1) is 11.3 Å². The van der Waals surface area contributed by atoms with E-state index < -0.39 is 39.3 Å². The molecule has 1 amide bonds. The van der Waals surface area contributed by atoms with E-state index in [1.54, 1.807) is 18.2 Å². The number of piperazine rings is 1. The van der Waals surface area contributed by atoms with Gasteiger partial charge < -0.3 is 15.0 Å². The Hall–Kier alpha value is -3.14. The van der Waals surface area contributed by atoms with Gasteiger partial charge in [0.05, 0.1) is 28.7 Å². The molecule has 2 aromatic rings. The number of nitriles is 1. The van der Waals surface area contributed by atoms with Crippen LogP contribution in [0.2, 0.25) is 0 Å². The lowest BCUT2D eigenvalue weighted by atomic mass is 10.0. The molecule has 0 aliphatic carbocycles. The van der Waals surface area contributed by atoms with Crippen LogP contribution in [-0.2, 0) is 25.7 Å². The SMILES string of the molecule is COCCNC(=O)C1CN(S(=O)(=O)c2ccccc2)CCN1c1ccc(C#N)c(C(F)(F)F)c1. The van der Waals surface area contributed by atoms with Gasteiger partial charge in [0.1, 0.15) is 6.04 Å². The van der Waals surface area contributed by atoms with Gasteiger partial charge in [-0.3, -0.25) is 4.79 Å². The van der Waals surface area contributed by atoms with E-state index >= 15 is 0 Å². The number of alkyl halides is 3. The number of amides is 1. The summed E-state index contributed by atoms with van der Waals surface area (Å²) in [5.41, 5.74) is -1.59. The van der Waals surface area contributed by atoms with Gasteiger partial charge >= 0.3 is 6.18 Å². The Labute approximate surface area is 195 Å². The van der Waals surface area contributed by atoms with Crippen molar-refractivity contribution in [1.29, 1.82) is 5.26 Å². The van der Waals surface area contributed by atoms with Gasteiger partial charge in [0.2, 0.25) is 15.9 Å².